The van der Waals surface area contributed by atoms with Gasteiger partial charge in [-0.15, -0.1) is 0 Å². The highest BCUT2D eigenvalue weighted by Crippen LogP contribution is 2.27. The topological polar surface area (TPSA) is 91.3 Å². The number of hydrogen-bond acceptors (Lipinski definition) is 6. The SMILES string of the molecule is COCOC(=O)c1cc(C)cc(C(=O)O)c1OCOC. The van der Waals surface area contributed by atoms with Gasteiger partial charge in [0.1, 0.15) is 11.1 Å². The minimum Gasteiger partial charge on any atom is -0.478 e. The average Bonchev–Trinajstić information content (AvgIpc) is 2.42. The van der Waals surface area contributed by atoms with Crippen LogP contribution in [0.5, 0.6) is 5.75 Å². The molecule has 0 saturated heterocycles. The number of benzene rings is 1. The molecule has 1 aromatic carbocycles. The molecule has 7 heteroatoms. The van der Waals surface area contributed by atoms with Crippen molar-refractivity contribution in [2.24, 2.45) is 0 Å². The van der Waals surface area contributed by atoms with E-state index in [1.165, 1.54) is 26.4 Å². The van der Waals surface area contributed by atoms with Crippen LogP contribution in [0.3, 0.4) is 0 Å². The van der Waals surface area contributed by atoms with Gasteiger partial charge in [0.2, 0.25) is 0 Å². The van der Waals surface area contributed by atoms with E-state index in [-0.39, 0.29) is 30.5 Å². The van der Waals surface area contributed by atoms with Crippen molar-refractivity contribution in [2.45, 2.75) is 6.92 Å². The number of carbonyl (C=O) groups excluding carboxylic acids is 1. The molecule has 0 heterocycles. The maximum atomic E-state index is 11.9. The van der Waals surface area contributed by atoms with Crippen LogP contribution >= 0.6 is 0 Å². The highest BCUT2D eigenvalue weighted by molar-refractivity contribution is 5.99. The van der Waals surface area contributed by atoms with Crippen LogP contribution < -0.4 is 4.74 Å². The molecule has 110 valence electrons. The number of carboxylic acids is 1. The largest absolute Gasteiger partial charge is 0.478 e. The first-order valence-corrected chi connectivity index (χ1v) is 5.67. The van der Waals surface area contributed by atoms with E-state index in [4.69, 9.17) is 14.2 Å². The monoisotopic (exact) mass is 284 g/mol. The molecule has 7 nitrogen and oxygen atoms in total. The quantitative estimate of drug-likeness (QED) is 0.598. The van der Waals surface area contributed by atoms with E-state index in [0.717, 1.165) is 0 Å². The van der Waals surface area contributed by atoms with Gasteiger partial charge in [-0.1, -0.05) is 0 Å². The molecular formula is C13H16O7. The number of ether oxygens (including phenoxy) is 4. The Morgan fingerprint density at radius 1 is 1.10 bits per heavy atom. The van der Waals surface area contributed by atoms with Crippen LogP contribution in [0.15, 0.2) is 12.1 Å². The Balaban J connectivity index is 3.24. The normalized spacial score (nSPS) is 10.2. The Morgan fingerprint density at radius 2 is 1.70 bits per heavy atom. The molecule has 0 fully saturated rings. The molecular weight excluding hydrogens is 268 g/mol. The van der Waals surface area contributed by atoms with Crippen molar-refractivity contribution in [3.63, 3.8) is 0 Å². The van der Waals surface area contributed by atoms with Gasteiger partial charge in [-0.05, 0) is 24.6 Å². The molecule has 0 bridgehead atoms. The lowest BCUT2D eigenvalue weighted by Gasteiger charge is -2.14. The number of aromatic carboxylic acids is 1. The number of hydrogen-bond donors (Lipinski definition) is 1. The van der Waals surface area contributed by atoms with Gasteiger partial charge >= 0.3 is 11.9 Å². The first kappa shape index (κ1) is 15.9. The number of rotatable bonds is 7. The predicted molar refractivity (Wildman–Crippen MR) is 67.9 cm³/mol. The molecule has 0 aliphatic carbocycles. The zero-order valence-electron chi connectivity index (χ0n) is 11.5. The van der Waals surface area contributed by atoms with Gasteiger partial charge in [0.15, 0.2) is 19.3 Å². The van der Waals surface area contributed by atoms with Crippen molar-refractivity contribution in [2.75, 3.05) is 27.8 Å². The van der Waals surface area contributed by atoms with E-state index >= 15 is 0 Å². The molecule has 0 aliphatic heterocycles. The lowest BCUT2D eigenvalue weighted by atomic mass is 10.0. The zero-order valence-corrected chi connectivity index (χ0v) is 11.5. The summed E-state index contributed by atoms with van der Waals surface area (Å²) in [7, 11) is 2.76. The highest BCUT2D eigenvalue weighted by atomic mass is 16.7. The molecule has 0 aromatic heterocycles. The van der Waals surface area contributed by atoms with E-state index in [0.29, 0.717) is 5.56 Å². The van der Waals surface area contributed by atoms with E-state index in [9.17, 15) is 14.7 Å². The van der Waals surface area contributed by atoms with Crippen molar-refractivity contribution >= 4 is 11.9 Å². The summed E-state index contributed by atoms with van der Waals surface area (Å²) in [6.07, 6.45) is 0. The number of aryl methyl sites for hydroxylation is 1. The second-order valence-corrected chi connectivity index (χ2v) is 3.88. The standard InChI is InChI=1S/C13H16O7/c1-8-4-9(12(14)15)11(19-6-17-2)10(5-8)13(16)20-7-18-3/h4-5H,6-7H2,1-3H3,(H,14,15). The van der Waals surface area contributed by atoms with E-state index in [1.54, 1.807) is 6.92 Å². The molecule has 20 heavy (non-hydrogen) atoms. The summed E-state index contributed by atoms with van der Waals surface area (Å²) in [4.78, 5) is 23.1. The molecule has 0 unspecified atom stereocenters. The summed E-state index contributed by atoms with van der Waals surface area (Å²) in [6, 6.07) is 2.88. The van der Waals surface area contributed by atoms with Gasteiger partial charge in [-0.2, -0.15) is 0 Å². The third-order valence-corrected chi connectivity index (χ3v) is 2.31. The molecule has 0 spiro atoms. The fourth-order valence-corrected chi connectivity index (χ4v) is 1.55. The third-order valence-electron chi connectivity index (χ3n) is 2.31. The molecule has 0 amide bonds. The zero-order chi connectivity index (χ0) is 15.1. The lowest BCUT2D eigenvalue weighted by Crippen LogP contribution is -2.14. The Hall–Kier alpha value is -2.12. The average molecular weight is 284 g/mol. The summed E-state index contributed by atoms with van der Waals surface area (Å²) in [5.74, 6) is -2.03. The summed E-state index contributed by atoms with van der Waals surface area (Å²) in [5.41, 5.74) is 0.472. The van der Waals surface area contributed by atoms with Crippen LogP contribution in [0.4, 0.5) is 0 Å². The summed E-state index contributed by atoms with van der Waals surface area (Å²) >= 11 is 0. The smallest absolute Gasteiger partial charge is 0.344 e. The van der Waals surface area contributed by atoms with Crippen LogP contribution in [0.25, 0.3) is 0 Å². The Bertz CT molecular complexity index is 496. The maximum Gasteiger partial charge on any atom is 0.344 e. The Labute approximate surface area is 116 Å². The van der Waals surface area contributed by atoms with E-state index < -0.39 is 11.9 Å². The number of carbonyl (C=O) groups is 2. The van der Waals surface area contributed by atoms with Crippen molar-refractivity contribution in [1.82, 2.24) is 0 Å². The van der Waals surface area contributed by atoms with Crippen molar-refractivity contribution in [3.05, 3.63) is 28.8 Å². The Kier molecular flexibility index (Phi) is 5.95. The first-order chi connectivity index (χ1) is 9.51. The van der Waals surface area contributed by atoms with Gasteiger partial charge < -0.3 is 24.1 Å². The van der Waals surface area contributed by atoms with Gasteiger partial charge in [-0.25, -0.2) is 9.59 Å². The minimum atomic E-state index is -1.21. The first-order valence-electron chi connectivity index (χ1n) is 5.67. The van der Waals surface area contributed by atoms with E-state index in [2.05, 4.69) is 4.74 Å². The van der Waals surface area contributed by atoms with Crippen LogP contribution in [-0.4, -0.2) is 44.9 Å². The van der Waals surface area contributed by atoms with Crippen LogP contribution in [0, 0.1) is 6.92 Å². The fraction of sp³-hybridized carbons (Fsp3) is 0.385. The molecule has 0 atom stereocenters. The fourth-order valence-electron chi connectivity index (χ4n) is 1.55. The summed E-state index contributed by atoms with van der Waals surface area (Å²) in [6.45, 7) is 1.24. The molecule has 0 aliphatic rings. The van der Waals surface area contributed by atoms with Gasteiger partial charge in [0.25, 0.3) is 0 Å². The van der Waals surface area contributed by atoms with Crippen molar-refractivity contribution in [3.8, 4) is 5.75 Å². The predicted octanol–water partition coefficient (Wildman–Crippen LogP) is 1.44. The maximum absolute atomic E-state index is 11.9. The molecule has 0 saturated carbocycles. The molecule has 1 N–H and O–H groups in total. The van der Waals surface area contributed by atoms with Crippen molar-refractivity contribution in [1.29, 1.82) is 0 Å². The third kappa shape index (κ3) is 3.94. The summed E-state index contributed by atoms with van der Waals surface area (Å²) in [5, 5.41) is 9.17. The Morgan fingerprint density at radius 3 is 2.25 bits per heavy atom. The van der Waals surface area contributed by atoms with E-state index in [1.807, 2.05) is 0 Å². The summed E-state index contributed by atoms with van der Waals surface area (Å²) < 4.78 is 19.4. The number of esters is 1. The van der Waals surface area contributed by atoms with Crippen LogP contribution in [0.2, 0.25) is 0 Å². The van der Waals surface area contributed by atoms with Gasteiger partial charge in [0.05, 0.1) is 0 Å². The van der Waals surface area contributed by atoms with Gasteiger partial charge in [-0.3, -0.25) is 0 Å². The van der Waals surface area contributed by atoms with Crippen LogP contribution in [0.1, 0.15) is 26.3 Å². The van der Waals surface area contributed by atoms with Crippen LogP contribution in [-0.2, 0) is 14.2 Å². The second-order valence-electron chi connectivity index (χ2n) is 3.88. The molecule has 1 aromatic rings. The number of carboxylic acid groups (broad SMARTS) is 1. The lowest BCUT2D eigenvalue weighted by molar-refractivity contribution is -0.0132. The van der Waals surface area contributed by atoms with Gasteiger partial charge in [0, 0.05) is 14.2 Å². The number of methoxy groups -OCH3 is 2. The molecule has 0 radical (unpaired) electrons. The molecule has 1 rings (SSSR count). The highest BCUT2D eigenvalue weighted by Gasteiger charge is 2.22. The second kappa shape index (κ2) is 7.46. The minimum absolute atomic E-state index is 0.0106. The van der Waals surface area contributed by atoms with Crippen molar-refractivity contribution < 1.29 is 33.6 Å².